The minimum atomic E-state index is -6.16. The highest BCUT2D eigenvalue weighted by Gasteiger charge is 2.59. The molecule has 0 radical (unpaired) electrons. The Morgan fingerprint density at radius 3 is 2.10 bits per heavy atom. The van der Waals surface area contributed by atoms with Crippen LogP contribution < -0.4 is 5.32 Å². The Balaban J connectivity index is 2.57. The van der Waals surface area contributed by atoms with E-state index in [1.165, 1.54) is 0 Å². The van der Waals surface area contributed by atoms with Crippen LogP contribution in [0.5, 0.6) is 0 Å². The van der Waals surface area contributed by atoms with Gasteiger partial charge in [-0.25, -0.2) is 0 Å². The number of carbonyl (C=O) groups excluding carboxylic acids is 1. The Hall–Kier alpha value is -2.77. The molecule has 0 bridgehead atoms. The Morgan fingerprint density at radius 2 is 1.60 bits per heavy atom. The van der Waals surface area contributed by atoms with Crippen molar-refractivity contribution in [3.8, 4) is 0 Å². The fraction of sp³-hybridized carbons (Fsp3) is 0.188. The van der Waals surface area contributed by atoms with Crippen LogP contribution >= 0.6 is 15.9 Å². The predicted molar refractivity (Wildman–Crippen MR) is 90.1 cm³/mol. The first-order valence-electron chi connectivity index (χ1n) is 7.47. The lowest BCUT2D eigenvalue weighted by atomic mass is 10.0. The largest absolute Gasteiger partial charge is 0.458 e. The van der Waals surface area contributed by atoms with Gasteiger partial charge in [-0.3, -0.25) is 14.9 Å². The smallest absolute Gasteiger partial charge is 0.320 e. The molecule has 1 N–H and O–H groups in total. The van der Waals surface area contributed by atoms with Crippen LogP contribution in [-0.4, -0.2) is 17.0 Å². The number of nitro benzene ring substituents is 1. The van der Waals surface area contributed by atoms with E-state index in [2.05, 4.69) is 15.9 Å². The standard InChI is InChI=1S/C16H7BrF8N2O3/c17-11-6-8(14(18,19)16(23,24)25)5-10(15(20,21)22)12(11)26-13(28)7-2-1-3-9(4-7)27(29)30/h1-6H,(H,26,28). The molecule has 2 aromatic carbocycles. The van der Waals surface area contributed by atoms with Crippen LogP contribution in [0.1, 0.15) is 21.5 Å². The maximum atomic E-state index is 13.5. The predicted octanol–water partition coefficient (Wildman–Crippen LogP) is 6.28. The Morgan fingerprint density at radius 1 is 1.00 bits per heavy atom. The lowest BCUT2D eigenvalue weighted by Gasteiger charge is -2.23. The first kappa shape index (κ1) is 23.5. The molecule has 14 heteroatoms. The van der Waals surface area contributed by atoms with Gasteiger partial charge in [0, 0.05) is 27.7 Å². The van der Waals surface area contributed by atoms with Gasteiger partial charge in [0.2, 0.25) is 0 Å². The quantitative estimate of drug-likeness (QED) is 0.301. The van der Waals surface area contributed by atoms with Gasteiger partial charge in [0.05, 0.1) is 16.2 Å². The summed E-state index contributed by atoms with van der Waals surface area (Å²) >= 11 is 2.46. The van der Waals surface area contributed by atoms with E-state index in [-0.39, 0.29) is 6.07 Å². The summed E-state index contributed by atoms with van der Waals surface area (Å²) in [4.78, 5) is 22.1. The third-order valence-electron chi connectivity index (χ3n) is 3.67. The Kier molecular flexibility index (Phi) is 6.12. The number of nitrogens with zero attached hydrogens (tertiary/aromatic N) is 1. The van der Waals surface area contributed by atoms with Gasteiger partial charge in [-0.1, -0.05) is 6.07 Å². The molecule has 0 saturated carbocycles. The molecule has 5 nitrogen and oxygen atoms in total. The number of nitro groups is 1. The topological polar surface area (TPSA) is 72.2 Å². The SMILES string of the molecule is O=C(Nc1c(Br)cc(C(F)(F)C(F)(F)F)cc1C(F)(F)F)c1cccc([N+](=O)[O-])c1. The van der Waals surface area contributed by atoms with Gasteiger partial charge in [-0.2, -0.15) is 35.1 Å². The lowest BCUT2D eigenvalue weighted by molar-refractivity contribution is -0.384. The van der Waals surface area contributed by atoms with Crippen LogP contribution in [0.15, 0.2) is 40.9 Å². The van der Waals surface area contributed by atoms with Gasteiger partial charge >= 0.3 is 18.3 Å². The molecular weight excluding hydrogens is 500 g/mol. The van der Waals surface area contributed by atoms with Gasteiger partial charge in [0.15, 0.2) is 0 Å². The van der Waals surface area contributed by atoms with Crippen molar-refractivity contribution >= 4 is 33.2 Å². The van der Waals surface area contributed by atoms with Crippen LogP contribution in [0.3, 0.4) is 0 Å². The van der Waals surface area contributed by atoms with Crippen molar-refractivity contribution in [2.75, 3.05) is 5.32 Å². The first-order valence-corrected chi connectivity index (χ1v) is 8.26. The van der Waals surface area contributed by atoms with Crippen LogP contribution in [0.4, 0.5) is 46.5 Å². The minimum Gasteiger partial charge on any atom is -0.320 e. The first-order chi connectivity index (χ1) is 13.6. The molecule has 2 rings (SSSR count). The third-order valence-corrected chi connectivity index (χ3v) is 4.30. The number of nitrogens with one attached hydrogen (secondary N) is 1. The average molecular weight is 507 g/mol. The molecule has 0 unspecified atom stereocenters. The number of amides is 1. The molecule has 0 heterocycles. The third kappa shape index (κ3) is 4.68. The maximum absolute atomic E-state index is 13.5. The number of alkyl halides is 8. The normalized spacial score (nSPS) is 12.6. The minimum absolute atomic E-state index is 0.0891. The summed E-state index contributed by atoms with van der Waals surface area (Å²) in [6, 6.07) is 3.49. The van der Waals surface area contributed by atoms with E-state index in [1.807, 2.05) is 0 Å². The highest BCUT2D eigenvalue weighted by Crippen LogP contribution is 2.48. The maximum Gasteiger partial charge on any atom is 0.458 e. The Bertz CT molecular complexity index is 1000. The molecule has 0 spiro atoms. The van der Waals surface area contributed by atoms with Crippen LogP contribution in [0.2, 0.25) is 0 Å². The van der Waals surface area contributed by atoms with Crippen LogP contribution in [-0.2, 0) is 12.1 Å². The van der Waals surface area contributed by atoms with E-state index in [4.69, 9.17) is 0 Å². The van der Waals surface area contributed by atoms with E-state index in [0.29, 0.717) is 0 Å². The van der Waals surface area contributed by atoms with Crippen molar-refractivity contribution in [1.82, 2.24) is 0 Å². The number of benzene rings is 2. The number of rotatable bonds is 4. The number of hydrogen-bond acceptors (Lipinski definition) is 3. The number of non-ortho nitro benzene ring substituents is 1. The van der Waals surface area contributed by atoms with Gasteiger partial charge < -0.3 is 5.32 Å². The summed E-state index contributed by atoms with van der Waals surface area (Å²) in [7, 11) is 0. The zero-order valence-corrected chi connectivity index (χ0v) is 15.6. The van der Waals surface area contributed by atoms with Crippen LogP contribution in [0.25, 0.3) is 0 Å². The molecule has 0 aliphatic rings. The molecule has 0 aliphatic carbocycles. The zero-order valence-electron chi connectivity index (χ0n) is 14.0. The van der Waals surface area contributed by atoms with Crippen molar-refractivity contribution in [2.24, 2.45) is 0 Å². The van der Waals surface area contributed by atoms with Crippen molar-refractivity contribution in [1.29, 1.82) is 0 Å². The molecule has 0 saturated heterocycles. The van der Waals surface area contributed by atoms with Crippen molar-refractivity contribution in [3.63, 3.8) is 0 Å². The summed E-state index contributed by atoms with van der Waals surface area (Å²) in [5.41, 5.74) is -6.12. The van der Waals surface area contributed by atoms with Crippen molar-refractivity contribution < 1.29 is 44.8 Å². The van der Waals surface area contributed by atoms with Gasteiger partial charge in [-0.05, 0) is 34.1 Å². The molecule has 162 valence electrons. The van der Waals surface area contributed by atoms with Crippen LogP contribution in [0, 0.1) is 10.1 Å². The monoisotopic (exact) mass is 506 g/mol. The summed E-state index contributed by atoms with van der Waals surface area (Å²) in [6.45, 7) is 0. The molecule has 1 amide bonds. The molecule has 0 aliphatic heterocycles. The summed E-state index contributed by atoms with van der Waals surface area (Å²) in [5.74, 6) is -6.89. The average Bonchev–Trinajstić information content (AvgIpc) is 2.61. The summed E-state index contributed by atoms with van der Waals surface area (Å²) in [5, 5.41) is 12.5. The second-order valence-corrected chi connectivity index (χ2v) is 6.57. The van der Waals surface area contributed by atoms with E-state index in [0.717, 1.165) is 24.3 Å². The number of hydrogen-bond donors (Lipinski definition) is 1. The second kappa shape index (κ2) is 7.81. The Labute approximate surface area is 170 Å². The number of anilines is 1. The molecular formula is C16H7BrF8N2O3. The van der Waals surface area contributed by atoms with Crippen molar-refractivity contribution in [3.05, 3.63) is 67.7 Å². The molecule has 0 atom stereocenters. The van der Waals surface area contributed by atoms with E-state index in [1.54, 1.807) is 5.32 Å². The molecule has 2 aromatic rings. The van der Waals surface area contributed by atoms with Gasteiger partial charge in [-0.15, -0.1) is 0 Å². The number of halogens is 9. The van der Waals surface area contributed by atoms with Gasteiger partial charge in [0.1, 0.15) is 0 Å². The zero-order chi connectivity index (χ0) is 23.1. The molecule has 0 fully saturated rings. The molecule has 30 heavy (non-hydrogen) atoms. The fourth-order valence-corrected chi connectivity index (χ4v) is 2.81. The second-order valence-electron chi connectivity index (χ2n) is 5.71. The summed E-state index contributed by atoms with van der Waals surface area (Å²) < 4.78 is 104. The van der Waals surface area contributed by atoms with Crippen molar-refractivity contribution in [2.45, 2.75) is 18.3 Å². The fourth-order valence-electron chi connectivity index (χ4n) is 2.25. The van der Waals surface area contributed by atoms with E-state index >= 15 is 0 Å². The highest BCUT2D eigenvalue weighted by molar-refractivity contribution is 9.10. The highest BCUT2D eigenvalue weighted by atomic mass is 79.9. The molecule has 0 aromatic heterocycles. The van der Waals surface area contributed by atoms with E-state index in [9.17, 15) is 50.0 Å². The number of carbonyl (C=O) groups is 1. The van der Waals surface area contributed by atoms with E-state index < -0.39 is 67.7 Å². The lowest BCUT2D eigenvalue weighted by Crippen LogP contribution is -2.34. The summed E-state index contributed by atoms with van der Waals surface area (Å²) in [6.07, 6.45) is -11.6. The van der Waals surface area contributed by atoms with Gasteiger partial charge in [0.25, 0.3) is 11.6 Å².